The Morgan fingerprint density at radius 2 is 2.33 bits per heavy atom. The van der Waals surface area contributed by atoms with Crippen LogP contribution in [0.15, 0.2) is 11.9 Å². The fraction of sp³-hybridized carbons (Fsp3) is 0.700. The molecule has 1 aliphatic carbocycles. The van der Waals surface area contributed by atoms with Crippen LogP contribution in [0.3, 0.4) is 0 Å². The van der Waals surface area contributed by atoms with Crippen molar-refractivity contribution in [1.82, 2.24) is 20.9 Å². The van der Waals surface area contributed by atoms with E-state index in [4.69, 9.17) is 0 Å². The molecule has 1 saturated carbocycles. The van der Waals surface area contributed by atoms with Gasteiger partial charge in [-0.1, -0.05) is 0 Å². The van der Waals surface area contributed by atoms with Crippen molar-refractivity contribution < 1.29 is 4.79 Å². The first-order valence-corrected chi connectivity index (χ1v) is 5.52. The first kappa shape index (κ1) is 9.18. The summed E-state index contributed by atoms with van der Waals surface area (Å²) < 4.78 is 0. The zero-order valence-electron chi connectivity index (χ0n) is 8.86. The van der Waals surface area contributed by atoms with Gasteiger partial charge in [0.2, 0.25) is 0 Å². The van der Waals surface area contributed by atoms with Crippen molar-refractivity contribution in [2.75, 3.05) is 13.1 Å². The second-order valence-corrected chi connectivity index (χ2v) is 4.58. The Hall–Kier alpha value is -1.07. The van der Waals surface area contributed by atoms with E-state index in [9.17, 15) is 4.79 Å². The maximum absolute atomic E-state index is 12.1. The monoisotopic (exact) mass is 208 g/mol. The molecule has 3 aliphatic rings. The minimum Gasteiger partial charge on any atom is -0.313 e. The van der Waals surface area contributed by atoms with Gasteiger partial charge in [-0.15, -0.1) is 0 Å². The summed E-state index contributed by atoms with van der Waals surface area (Å²) in [5.74, 6) is 0.963. The van der Waals surface area contributed by atoms with Crippen molar-refractivity contribution in [1.29, 1.82) is 0 Å². The van der Waals surface area contributed by atoms with Gasteiger partial charge in [0.1, 0.15) is 6.04 Å². The van der Waals surface area contributed by atoms with Crippen molar-refractivity contribution in [3.8, 4) is 0 Å². The SMILES string of the molecule is CC1=CN2NNCC2C(=O)N1CC1CC1. The lowest BCUT2D eigenvalue weighted by Crippen LogP contribution is -2.51. The fourth-order valence-corrected chi connectivity index (χ4v) is 2.16. The molecule has 5 nitrogen and oxygen atoms in total. The third-order valence-electron chi connectivity index (χ3n) is 3.28. The van der Waals surface area contributed by atoms with E-state index in [1.807, 2.05) is 23.0 Å². The molecule has 0 aromatic carbocycles. The third-order valence-corrected chi connectivity index (χ3v) is 3.28. The van der Waals surface area contributed by atoms with E-state index in [1.54, 1.807) is 0 Å². The van der Waals surface area contributed by atoms with E-state index in [0.29, 0.717) is 6.54 Å². The van der Waals surface area contributed by atoms with Crippen LogP contribution < -0.4 is 11.0 Å². The van der Waals surface area contributed by atoms with Crippen LogP contribution in [-0.2, 0) is 4.79 Å². The van der Waals surface area contributed by atoms with Crippen LogP contribution in [0.1, 0.15) is 19.8 Å². The third kappa shape index (κ3) is 1.52. The molecule has 5 heteroatoms. The summed E-state index contributed by atoms with van der Waals surface area (Å²) >= 11 is 0. The molecular weight excluding hydrogens is 192 g/mol. The Kier molecular flexibility index (Phi) is 1.97. The van der Waals surface area contributed by atoms with Crippen LogP contribution in [0.5, 0.6) is 0 Å². The van der Waals surface area contributed by atoms with Crippen LogP contribution in [-0.4, -0.2) is 34.9 Å². The molecule has 3 rings (SSSR count). The summed E-state index contributed by atoms with van der Waals surface area (Å²) in [5.41, 5.74) is 7.00. The lowest BCUT2D eigenvalue weighted by molar-refractivity contribution is -0.135. The summed E-state index contributed by atoms with van der Waals surface area (Å²) in [6, 6.07) is -0.0625. The van der Waals surface area contributed by atoms with E-state index < -0.39 is 0 Å². The van der Waals surface area contributed by atoms with Crippen molar-refractivity contribution in [3.63, 3.8) is 0 Å². The fourth-order valence-electron chi connectivity index (χ4n) is 2.16. The number of nitrogens with zero attached hydrogens (tertiary/aromatic N) is 2. The number of amides is 1. The van der Waals surface area contributed by atoms with Crippen molar-refractivity contribution in [3.05, 3.63) is 11.9 Å². The van der Waals surface area contributed by atoms with Gasteiger partial charge in [0.15, 0.2) is 0 Å². The molecule has 2 heterocycles. The molecule has 0 aromatic rings. The maximum atomic E-state index is 12.1. The Balaban J connectivity index is 1.81. The average Bonchev–Trinajstić information content (AvgIpc) is 2.90. The molecule has 15 heavy (non-hydrogen) atoms. The molecule has 1 atom stereocenters. The van der Waals surface area contributed by atoms with Crippen LogP contribution in [0.2, 0.25) is 0 Å². The van der Waals surface area contributed by atoms with E-state index in [1.165, 1.54) is 12.8 Å². The quantitative estimate of drug-likeness (QED) is 0.659. The zero-order chi connectivity index (χ0) is 10.4. The molecule has 0 aromatic heterocycles. The number of fused-ring (bicyclic) bond motifs is 1. The van der Waals surface area contributed by atoms with Crippen molar-refractivity contribution >= 4 is 5.91 Å². The second-order valence-electron chi connectivity index (χ2n) is 4.58. The summed E-state index contributed by atoms with van der Waals surface area (Å²) in [7, 11) is 0. The second kappa shape index (κ2) is 3.21. The van der Waals surface area contributed by atoms with Gasteiger partial charge < -0.3 is 4.90 Å². The number of carbonyl (C=O) groups is 1. The van der Waals surface area contributed by atoms with Gasteiger partial charge in [-0.25, -0.2) is 5.43 Å². The van der Waals surface area contributed by atoms with Crippen LogP contribution in [0, 0.1) is 5.92 Å². The first-order valence-electron chi connectivity index (χ1n) is 5.52. The topological polar surface area (TPSA) is 47.6 Å². The lowest BCUT2D eigenvalue weighted by Gasteiger charge is -2.34. The van der Waals surface area contributed by atoms with Gasteiger partial charge in [-0.3, -0.25) is 9.80 Å². The predicted molar refractivity (Wildman–Crippen MR) is 55.0 cm³/mol. The van der Waals surface area contributed by atoms with Crippen molar-refractivity contribution in [2.24, 2.45) is 5.92 Å². The number of carbonyl (C=O) groups excluding carboxylic acids is 1. The molecule has 82 valence electrons. The van der Waals surface area contributed by atoms with E-state index >= 15 is 0 Å². The number of hydrogen-bond donors (Lipinski definition) is 2. The molecule has 0 spiro atoms. The highest BCUT2D eigenvalue weighted by molar-refractivity contribution is 5.85. The van der Waals surface area contributed by atoms with Crippen LogP contribution in [0.25, 0.3) is 0 Å². The number of hydrazine groups is 2. The molecule has 1 unspecified atom stereocenters. The molecule has 1 amide bonds. The number of hydrogen-bond acceptors (Lipinski definition) is 4. The summed E-state index contributed by atoms with van der Waals surface area (Å²) in [6.07, 6.45) is 4.57. The van der Waals surface area contributed by atoms with Crippen LogP contribution >= 0.6 is 0 Å². The highest BCUT2D eigenvalue weighted by Gasteiger charge is 2.38. The van der Waals surface area contributed by atoms with Gasteiger partial charge in [-0.05, 0) is 25.7 Å². The largest absolute Gasteiger partial charge is 0.313 e. The summed E-state index contributed by atoms with van der Waals surface area (Å²) in [6.45, 7) is 3.59. The molecule has 2 aliphatic heterocycles. The first-order chi connectivity index (χ1) is 7.25. The number of allylic oxidation sites excluding steroid dienone is 1. The van der Waals surface area contributed by atoms with E-state index in [-0.39, 0.29) is 11.9 Å². The Labute approximate surface area is 89.0 Å². The Bertz CT molecular complexity index is 323. The normalized spacial score (nSPS) is 30.6. The Morgan fingerprint density at radius 3 is 3.07 bits per heavy atom. The molecule has 0 radical (unpaired) electrons. The molecule has 2 fully saturated rings. The standard InChI is InChI=1S/C10H16N4O/c1-7-5-14-9(4-11-12-14)10(15)13(7)6-8-2-3-8/h5,8-9,11-12H,2-4,6H2,1H3. The number of nitrogens with one attached hydrogen (secondary N) is 2. The molecular formula is C10H16N4O. The highest BCUT2D eigenvalue weighted by atomic mass is 16.2. The van der Waals surface area contributed by atoms with Gasteiger partial charge in [0, 0.05) is 25.0 Å². The van der Waals surface area contributed by atoms with Crippen molar-refractivity contribution in [2.45, 2.75) is 25.8 Å². The Morgan fingerprint density at radius 1 is 1.53 bits per heavy atom. The minimum atomic E-state index is -0.0625. The molecule has 0 bridgehead atoms. The average molecular weight is 208 g/mol. The summed E-state index contributed by atoms with van der Waals surface area (Å²) in [5, 5.41) is 1.86. The van der Waals surface area contributed by atoms with Gasteiger partial charge in [0.25, 0.3) is 5.91 Å². The van der Waals surface area contributed by atoms with E-state index in [0.717, 1.165) is 18.2 Å². The summed E-state index contributed by atoms with van der Waals surface area (Å²) in [4.78, 5) is 14.1. The minimum absolute atomic E-state index is 0.0625. The van der Waals surface area contributed by atoms with E-state index in [2.05, 4.69) is 11.0 Å². The highest BCUT2D eigenvalue weighted by Crippen LogP contribution is 2.32. The smallest absolute Gasteiger partial charge is 0.252 e. The maximum Gasteiger partial charge on any atom is 0.252 e. The molecule has 1 saturated heterocycles. The van der Waals surface area contributed by atoms with Gasteiger partial charge >= 0.3 is 0 Å². The molecule has 2 N–H and O–H groups in total. The van der Waals surface area contributed by atoms with Gasteiger partial charge in [-0.2, -0.15) is 5.53 Å². The number of rotatable bonds is 2. The zero-order valence-corrected chi connectivity index (χ0v) is 8.86. The predicted octanol–water partition coefficient (Wildman–Crippen LogP) is -0.207. The van der Waals surface area contributed by atoms with Gasteiger partial charge in [0.05, 0.1) is 0 Å². The lowest BCUT2D eigenvalue weighted by atomic mass is 10.1. The van der Waals surface area contributed by atoms with Crippen LogP contribution in [0.4, 0.5) is 0 Å².